The number of nitrogen functional groups attached to an aromatic ring is 1. The Balaban J connectivity index is 2.34. The van der Waals surface area contributed by atoms with Gasteiger partial charge in [0.2, 0.25) is 0 Å². The zero-order valence-corrected chi connectivity index (χ0v) is 9.79. The Morgan fingerprint density at radius 2 is 2.00 bits per heavy atom. The van der Waals surface area contributed by atoms with Crippen LogP contribution >= 0.6 is 0 Å². The van der Waals surface area contributed by atoms with Gasteiger partial charge in [-0.1, -0.05) is 0 Å². The maximum atomic E-state index is 12.6. The second kappa shape index (κ2) is 4.19. The van der Waals surface area contributed by atoms with E-state index >= 15 is 0 Å². The number of carbonyl (C=O) groups excluding carboxylic acids is 1. The highest BCUT2D eigenvalue weighted by molar-refractivity contribution is 5.99. The number of nitrogens with zero attached hydrogens (tertiary/aromatic N) is 1. The summed E-state index contributed by atoms with van der Waals surface area (Å²) in [6.07, 6.45) is -2.69. The van der Waals surface area contributed by atoms with Crippen LogP contribution in [-0.2, 0) is 6.18 Å². The van der Waals surface area contributed by atoms with Gasteiger partial charge in [0.15, 0.2) is 0 Å². The Morgan fingerprint density at radius 3 is 2.50 bits per heavy atom. The number of anilines is 1. The Bertz CT molecular complexity index is 481. The fourth-order valence-electron chi connectivity index (χ4n) is 1.74. The normalized spacial score (nSPS) is 15.6. The molecule has 6 heteroatoms. The van der Waals surface area contributed by atoms with Crippen LogP contribution in [0.25, 0.3) is 0 Å². The fourth-order valence-corrected chi connectivity index (χ4v) is 1.74. The maximum absolute atomic E-state index is 12.6. The van der Waals surface area contributed by atoms with E-state index in [9.17, 15) is 18.0 Å². The number of amides is 1. The van der Waals surface area contributed by atoms with Gasteiger partial charge in [-0.3, -0.25) is 4.79 Å². The predicted octanol–water partition coefficient (Wildman–Crippen LogP) is 2.52. The van der Waals surface area contributed by atoms with Gasteiger partial charge in [-0.25, -0.2) is 0 Å². The lowest BCUT2D eigenvalue weighted by molar-refractivity contribution is -0.137. The van der Waals surface area contributed by atoms with Crippen molar-refractivity contribution >= 4 is 11.6 Å². The summed E-state index contributed by atoms with van der Waals surface area (Å²) in [4.78, 5) is 13.5. The number of nitrogens with two attached hydrogens (primary N) is 1. The molecule has 2 N–H and O–H groups in total. The van der Waals surface area contributed by atoms with Crippen molar-refractivity contribution < 1.29 is 18.0 Å². The minimum absolute atomic E-state index is 0.0699. The van der Waals surface area contributed by atoms with Gasteiger partial charge in [-0.2, -0.15) is 13.2 Å². The van der Waals surface area contributed by atoms with Gasteiger partial charge < -0.3 is 10.6 Å². The third-order valence-corrected chi connectivity index (χ3v) is 3.03. The minimum Gasteiger partial charge on any atom is -0.398 e. The molecule has 1 saturated carbocycles. The van der Waals surface area contributed by atoms with E-state index in [1.165, 1.54) is 4.90 Å². The number of rotatable bonds is 2. The van der Waals surface area contributed by atoms with Crippen LogP contribution in [0.15, 0.2) is 18.2 Å². The van der Waals surface area contributed by atoms with Gasteiger partial charge in [0.25, 0.3) is 5.91 Å². The van der Waals surface area contributed by atoms with Crippen LogP contribution < -0.4 is 5.73 Å². The molecule has 1 aliphatic rings. The van der Waals surface area contributed by atoms with Crippen LogP contribution in [0.4, 0.5) is 18.9 Å². The first-order valence-electron chi connectivity index (χ1n) is 5.54. The molecule has 0 saturated heterocycles. The Kier molecular flexibility index (Phi) is 2.96. The zero-order valence-electron chi connectivity index (χ0n) is 9.79. The summed E-state index contributed by atoms with van der Waals surface area (Å²) in [5, 5.41) is 0. The topological polar surface area (TPSA) is 46.3 Å². The first kappa shape index (κ1) is 12.7. The standard InChI is InChI=1S/C12H13F3N2O/c1-17(8-3-4-8)11(18)9-6-7(12(13,14)15)2-5-10(9)16/h2,5-6,8H,3-4,16H2,1H3. The molecule has 0 bridgehead atoms. The molecule has 3 nitrogen and oxygen atoms in total. The molecule has 0 heterocycles. The largest absolute Gasteiger partial charge is 0.416 e. The van der Waals surface area contributed by atoms with Crippen molar-refractivity contribution in [1.29, 1.82) is 0 Å². The van der Waals surface area contributed by atoms with Crippen molar-refractivity contribution in [2.45, 2.75) is 25.1 Å². The van der Waals surface area contributed by atoms with Crippen molar-refractivity contribution in [2.24, 2.45) is 0 Å². The van der Waals surface area contributed by atoms with E-state index in [1.54, 1.807) is 7.05 Å². The molecular formula is C12H13F3N2O. The lowest BCUT2D eigenvalue weighted by atomic mass is 10.1. The quantitative estimate of drug-likeness (QED) is 0.828. The Labute approximate surface area is 102 Å². The molecule has 18 heavy (non-hydrogen) atoms. The van der Waals surface area contributed by atoms with E-state index in [2.05, 4.69) is 0 Å². The van der Waals surface area contributed by atoms with E-state index in [4.69, 9.17) is 5.73 Å². The van der Waals surface area contributed by atoms with Crippen LogP contribution in [0.5, 0.6) is 0 Å². The molecule has 1 amide bonds. The maximum Gasteiger partial charge on any atom is 0.416 e. The van der Waals surface area contributed by atoms with Crippen molar-refractivity contribution in [3.8, 4) is 0 Å². The van der Waals surface area contributed by atoms with Gasteiger partial charge in [-0.15, -0.1) is 0 Å². The van der Waals surface area contributed by atoms with Gasteiger partial charge >= 0.3 is 6.18 Å². The summed E-state index contributed by atoms with van der Waals surface area (Å²) in [5.41, 5.74) is 4.71. The highest BCUT2D eigenvalue weighted by Crippen LogP contribution is 2.33. The number of hydrogen-bond donors (Lipinski definition) is 1. The highest BCUT2D eigenvalue weighted by Gasteiger charge is 2.34. The van der Waals surface area contributed by atoms with E-state index in [0.717, 1.165) is 31.0 Å². The lowest BCUT2D eigenvalue weighted by Gasteiger charge is -2.18. The summed E-state index contributed by atoms with van der Waals surface area (Å²) < 4.78 is 37.7. The minimum atomic E-state index is -4.47. The van der Waals surface area contributed by atoms with E-state index in [1.807, 2.05) is 0 Å². The molecule has 98 valence electrons. The number of carbonyl (C=O) groups is 1. The molecule has 0 unspecified atom stereocenters. The molecule has 0 radical (unpaired) electrons. The molecule has 0 spiro atoms. The summed E-state index contributed by atoms with van der Waals surface area (Å²) in [6.45, 7) is 0. The molecule has 1 aromatic rings. The van der Waals surface area contributed by atoms with Crippen LogP contribution in [0.2, 0.25) is 0 Å². The smallest absolute Gasteiger partial charge is 0.398 e. The summed E-state index contributed by atoms with van der Waals surface area (Å²) in [6, 6.07) is 2.95. The molecule has 0 atom stereocenters. The van der Waals surface area contributed by atoms with Crippen molar-refractivity contribution in [1.82, 2.24) is 4.90 Å². The van der Waals surface area contributed by atoms with Crippen molar-refractivity contribution in [3.05, 3.63) is 29.3 Å². The SMILES string of the molecule is CN(C(=O)c1cc(C(F)(F)F)ccc1N)C1CC1. The first-order valence-corrected chi connectivity index (χ1v) is 5.54. The second-order valence-electron chi connectivity index (χ2n) is 4.45. The van der Waals surface area contributed by atoms with Crippen LogP contribution in [0, 0.1) is 0 Å². The average molecular weight is 258 g/mol. The van der Waals surface area contributed by atoms with Gasteiger partial charge in [0, 0.05) is 18.8 Å². The first-order chi connectivity index (χ1) is 8.30. The van der Waals surface area contributed by atoms with Crippen LogP contribution in [0.3, 0.4) is 0 Å². The van der Waals surface area contributed by atoms with E-state index in [-0.39, 0.29) is 17.3 Å². The zero-order chi connectivity index (χ0) is 13.5. The van der Waals surface area contributed by atoms with Crippen molar-refractivity contribution in [2.75, 3.05) is 12.8 Å². The summed E-state index contributed by atoms with van der Waals surface area (Å²) in [7, 11) is 1.58. The van der Waals surface area contributed by atoms with E-state index in [0.29, 0.717) is 0 Å². The summed E-state index contributed by atoms with van der Waals surface area (Å²) in [5.74, 6) is -0.457. The lowest BCUT2D eigenvalue weighted by Crippen LogP contribution is -2.29. The number of benzene rings is 1. The second-order valence-corrected chi connectivity index (χ2v) is 4.45. The summed E-state index contributed by atoms with van der Waals surface area (Å²) >= 11 is 0. The molecule has 1 fully saturated rings. The molecule has 0 aliphatic heterocycles. The molecule has 0 aromatic heterocycles. The number of halogens is 3. The third-order valence-electron chi connectivity index (χ3n) is 3.03. The molecule has 2 rings (SSSR count). The molecule has 1 aromatic carbocycles. The predicted molar refractivity (Wildman–Crippen MR) is 61.0 cm³/mol. The Hall–Kier alpha value is -1.72. The number of alkyl halides is 3. The van der Waals surface area contributed by atoms with Gasteiger partial charge in [-0.05, 0) is 31.0 Å². The van der Waals surface area contributed by atoms with Crippen LogP contribution in [-0.4, -0.2) is 23.9 Å². The third kappa shape index (κ3) is 2.42. The average Bonchev–Trinajstić information content (AvgIpc) is 3.10. The molecular weight excluding hydrogens is 245 g/mol. The molecule has 1 aliphatic carbocycles. The van der Waals surface area contributed by atoms with E-state index < -0.39 is 17.6 Å². The van der Waals surface area contributed by atoms with Crippen molar-refractivity contribution in [3.63, 3.8) is 0 Å². The Morgan fingerprint density at radius 1 is 1.39 bits per heavy atom. The van der Waals surface area contributed by atoms with Crippen LogP contribution in [0.1, 0.15) is 28.8 Å². The van der Waals surface area contributed by atoms with Gasteiger partial charge in [0.1, 0.15) is 0 Å². The van der Waals surface area contributed by atoms with Gasteiger partial charge in [0.05, 0.1) is 11.1 Å². The number of hydrogen-bond acceptors (Lipinski definition) is 2. The monoisotopic (exact) mass is 258 g/mol. The fraction of sp³-hybridized carbons (Fsp3) is 0.417. The highest BCUT2D eigenvalue weighted by atomic mass is 19.4.